The zero-order valence-corrected chi connectivity index (χ0v) is 7.95. The molecule has 88 valence electrons. The lowest BCUT2D eigenvalue weighted by Gasteiger charge is -2.07. The molecular weight excluding hydrogens is 231 g/mol. The zero-order valence-electron chi connectivity index (χ0n) is 7.95. The van der Waals surface area contributed by atoms with E-state index in [9.17, 15) is 23.3 Å². The lowest BCUT2D eigenvalue weighted by molar-refractivity contribution is -0.386. The summed E-state index contributed by atoms with van der Waals surface area (Å²) in [4.78, 5) is 9.54. The second-order valence-electron chi connectivity index (χ2n) is 2.59. The van der Waals surface area contributed by atoms with Crippen molar-refractivity contribution >= 4 is 5.69 Å². The lowest BCUT2D eigenvalue weighted by atomic mass is 10.2. The Labute approximate surface area is 87.5 Å². The maximum Gasteiger partial charge on any atom is 0.387 e. The number of hydrogen-bond acceptors (Lipinski definition) is 4. The zero-order chi connectivity index (χ0) is 12.3. The van der Waals surface area contributed by atoms with Gasteiger partial charge in [-0.1, -0.05) is 0 Å². The highest BCUT2D eigenvalue weighted by Gasteiger charge is 2.21. The molecule has 0 aliphatic rings. The Bertz CT molecular complexity index is 411. The van der Waals surface area contributed by atoms with Crippen LogP contribution in [-0.4, -0.2) is 18.6 Å². The first kappa shape index (κ1) is 12.1. The molecule has 0 aliphatic heterocycles. The van der Waals surface area contributed by atoms with Crippen LogP contribution in [0.25, 0.3) is 0 Å². The first-order valence-corrected chi connectivity index (χ1v) is 3.92. The molecule has 1 rings (SSSR count). The first-order valence-electron chi connectivity index (χ1n) is 3.92. The van der Waals surface area contributed by atoms with Crippen LogP contribution >= 0.6 is 0 Å². The third kappa shape index (κ3) is 2.53. The molecular formula is C8H6F3NO4. The van der Waals surface area contributed by atoms with Crippen LogP contribution in [0.15, 0.2) is 12.1 Å². The molecule has 0 radical (unpaired) electrons. The summed E-state index contributed by atoms with van der Waals surface area (Å²) in [6.07, 6.45) is 0. The molecule has 0 bridgehead atoms. The highest BCUT2D eigenvalue weighted by Crippen LogP contribution is 2.34. The third-order valence-electron chi connectivity index (χ3n) is 1.65. The minimum Gasteiger partial charge on any atom is -0.490 e. The Hall–Kier alpha value is -1.99. The number of methoxy groups -OCH3 is 1. The van der Waals surface area contributed by atoms with E-state index in [2.05, 4.69) is 9.47 Å². The highest BCUT2D eigenvalue weighted by molar-refractivity contribution is 5.51. The molecule has 0 N–H and O–H groups in total. The molecule has 0 saturated heterocycles. The van der Waals surface area contributed by atoms with E-state index in [0.29, 0.717) is 12.1 Å². The second kappa shape index (κ2) is 4.69. The van der Waals surface area contributed by atoms with Crippen LogP contribution in [0.1, 0.15) is 0 Å². The Morgan fingerprint density at radius 1 is 1.38 bits per heavy atom. The summed E-state index contributed by atoms with van der Waals surface area (Å²) in [5, 5.41) is 10.4. The SMILES string of the molecule is COc1cc(OC(F)F)c(F)cc1[N+](=O)[O-]. The molecule has 16 heavy (non-hydrogen) atoms. The number of nitrogens with zero attached hydrogens (tertiary/aromatic N) is 1. The van der Waals surface area contributed by atoms with Crippen molar-refractivity contribution in [1.82, 2.24) is 0 Å². The maximum absolute atomic E-state index is 13.1. The fourth-order valence-electron chi connectivity index (χ4n) is 1.02. The highest BCUT2D eigenvalue weighted by atomic mass is 19.3. The van der Waals surface area contributed by atoms with E-state index >= 15 is 0 Å². The van der Waals surface area contributed by atoms with Crippen LogP contribution in [-0.2, 0) is 0 Å². The van der Waals surface area contributed by atoms with Crippen LogP contribution < -0.4 is 9.47 Å². The Kier molecular flexibility index (Phi) is 3.54. The quantitative estimate of drug-likeness (QED) is 0.595. The van der Waals surface area contributed by atoms with Gasteiger partial charge in [-0.15, -0.1) is 0 Å². The van der Waals surface area contributed by atoms with Crippen molar-refractivity contribution in [3.63, 3.8) is 0 Å². The normalized spacial score (nSPS) is 10.3. The number of nitro groups is 1. The van der Waals surface area contributed by atoms with Gasteiger partial charge >= 0.3 is 12.3 Å². The number of halogens is 3. The molecule has 5 nitrogen and oxygen atoms in total. The summed E-state index contributed by atoms with van der Waals surface area (Å²) in [6, 6.07) is 1.15. The predicted octanol–water partition coefficient (Wildman–Crippen LogP) is 2.34. The van der Waals surface area contributed by atoms with E-state index in [-0.39, 0.29) is 5.75 Å². The predicted molar refractivity (Wildman–Crippen MR) is 46.2 cm³/mol. The smallest absolute Gasteiger partial charge is 0.387 e. The summed E-state index contributed by atoms with van der Waals surface area (Å²) < 4.78 is 45.1. The molecule has 0 spiro atoms. The van der Waals surface area contributed by atoms with Crippen LogP contribution in [0.3, 0.4) is 0 Å². The second-order valence-corrected chi connectivity index (χ2v) is 2.59. The van der Waals surface area contributed by atoms with Crippen molar-refractivity contribution in [1.29, 1.82) is 0 Å². The van der Waals surface area contributed by atoms with Crippen LogP contribution in [0.5, 0.6) is 11.5 Å². The van der Waals surface area contributed by atoms with Crippen molar-refractivity contribution in [2.75, 3.05) is 7.11 Å². The third-order valence-corrected chi connectivity index (χ3v) is 1.65. The summed E-state index contributed by atoms with van der Waals surface area (Å²) in [5.41, 5.74) is -0.665. The number of ether oxygens (including phenoxy) is 2. The monoisotopic (exact) mass is 237 g/mol. The summed E-state index contributed by atoms with van der Waals surface area (Å²) >= 11 is 0. The summed E-state index contributed by atoms with van der Waals surface area (Å²) in [5.74, 6) is -2.42. The van der Waals surface area contributed by atoms with Gasteiger partial charge in [-0.05, 0) is 0 Å². The molecule has 0 heterocycles. The van der Waals surface area contributed by atoms with Crippen molar-refractivity contribution in [3.05, 3.63) is 28.1 Å². The molecule has 8 heteroatoms. The first-order chi connectivity index (χ1) is 7.45. The Balaban J connectivity index is 3.20. The molecule has 0 fully saturated rings. The van der Waals surface area contributed by atoms with Gasteiger partial charge in [0.1, 0.15) is 0 Å². The van der Waals surface area contributed by atoms with E-state index in [1.807, 2.05) is 0 Å². The van der Waals surface area contributed by atoms with Crippen molar-refractivity contribution in [2.24, 2.45) is 0 Å². The van der Waals surface area contributed by atoms with E-state index in [1.54, 1.807) is 0 Å². The standard InChI is InChI=1S/C8H6F3NO4/c1-15-7-3-6(16-8(10)11)4(9)2-5(7)12(13)14/h2-3,8H,1H3. The molecule has 0 saturated carbocycles. The van der Waals surface area contributed by atoms with Crippen LogP contribution in [0.4, 0.5) is 18.9 Å². The van der Waals surface area contributed by atoms with Gasteiger partial charge < -0.3 is 9.47 Å². The molecule has 0 amide bonds. The van der Waals surface area contributed by atoms with Crippen LogP contribution in [0, 0.1) is 15.9 Å². The lowest BCUT2D eigenvalue weighted by Crippen LogP contribution is -2.05. The van der Waals surface area contributed by atoms with E-state index in [1.165, 1.54) is 0 Å². The summed E-state index contributed by atoms with van der Waals surface area (Å²) in [6.45, 7) is -3.22. The molecule has 0 atom stereocenters. The number of alkyl halides is 2. The number of rotatable bonds is 4. The summed E-state index contributed by atoms with van der Waals surface area (Å²) in [7, 11) is 1.09. The van der Waals surface area contributed by atoms with Gasteiger partial charge in [0.25, 0.3) is 0 Å². The van der Waals surface area contributed by atoms with Gasteiger partial charge in [-0.3, -0.25) is 10.1 Å². The van der Waals surface area contributed by atoms with Gasteiger partial charge in [-0.25, -0.2) is 4.39 Å². The maximum atomic E-state index is 13.1. The molecule has 1 aromatic carbocycles. The van der Waals surface area contributed by atoms with Crippen molar-refractivity contribution in [3.8, 4) is 11.5 Å². The van der Waals surface area contributed by atoms with E-state index in [0.717, 1.165) is 7.11 Å². The number of benzene rings is 1. The molecule has 1 aromatic rings. The fourth-order valence-corrected chi connectivity index (χ4v) is 1.02. The largest absolute Gasteiger partial charge is 0.490 e. The van der Waals surface area contributed by atoms with Crippen molar-refractivity contribution in [2.45, 2.75) is 6.61 Å². The molecule has 0 aliphatic carbocycles. The molecule has 0 unspecified atom stereocenters. The average molecular weight is 237 g/mol. The fraction of sp³-hybridized carbons (Fsp3) is 0.250. The Morgan fingerprint density at radius 3 is 2.44 bits per heavy atom. The number of hydrogen-bond donors (Lipinski definition) is 0. The van der Waals surface area contributed by atoms with Gasteiger partial charge in [0.05, 0.1) is 18.1 Å². The topological polar surface area (TPSA) is 61.6 Å². The Morgan fingerprint density at radius 2 is 2.00 bits per heavy atom. The van der Waals surface area contributed by atoms with E-state index < -0.39 is 28.8 Å². The minimum absolute atomic E-state index is 0.359. The molecule has 0 aromatic heterocycles. The van der Waals surface area contributed by atoms with Crippen molar-refractivity contribution < 1.29 is 27.6 Å². The minimum atomic E-state index is -3.22. The van der Waals surface area contributed by atoms with Gasteiger partial charge in [0.15, 0.2) is 11.6 Å². The van der Waals surface area contributed by atoms with Gasteiger partial charge in [0, 0.05) is 6.07 Å². The van der Waals surface area contributed by atoms with Gasteiger partial charge in [0.2, 0.25) is 5.75 Å². The number of nitro benzene ring substituents is 1. The van der Waals surface area contributed by atoms with Gasteiger partial charge in [-0.2, -0.15) is 8.78 Å². The van der Waals surface area contributed by atoms with Crippen LogP contribution in [0.2, 0.25) is 0 Å². The van der Waals surface area contributed by atoms with E-state index in [4.69, 9.17) is 0 Å². The average Bonchev–Trinajstić information content (AvgIpc) is 2.19.